The maximum absolute atomic E-state index is 13.1. The quantitative estimate of drug-likeness (QED) is 0.215. The molecular weight excluding hydrogens is 643 g/mol. The first-order chi connectivity index (χ1) is 21.4. The van der Waals surface area contributed by atoms with Gasteiger partial charge in [-0.15, -0.1) is 0 Å². The Bertz CT molecular complexity index is 1330. The van der Waals surface area contributed by atoms with Gasteiger partial charge in [-0.2, -0.15) is 13.2 Å². The molecule has 0 radical (unpaired) electrons. The van der Waals surface area contributed by atoms with Crippen molar-refractivity contribution < 1.29 is 66.6 Å². The number of aldehydes is 1. The van der Waals surface area contributed by atoms with E-state index in [-0.39, 0.29) is 41.1 Å². The van der Waals surface area contributed by atoms with Gasteiger partial charge >= 0.3 is 12.1 Å². The number of benzene rings is 2. The zero-order chi connectivity index (χ0) is 34.8. The van der Waals surface area contributed by atoms with E-state index in [2.05, 4.69) is 5.32 Å². The third kappa shape index (κ3) is 11.7. The van der Waals surface area contributed by atoms with Crippen LogP contribution in [0.1, 0.15) is 42.3 Å². The zero-order valence-corrected chi connectivity index (χ0v) is 26.4. The van der Waals surface area contributed by atoms with Gasteiger partial charge in [-0.25, -0.2) is 0 Å². The van der Waals surface area contributed by atoms with Crippen LogP contribution in [0, 0.1) is 0 Å². The van der Waals surface area contributed by atoms with Crippen molar-refractivity contribution in [2.45, 2.75) is 76.2 Å². The van der Waals surface area contributed by atoms with E-state index >= 15 is 0 Å². The van der Waals surface area contributed by atoms with Crippen LogP contribution in [0.15, 0.2) is 36.4 Å². The Balaban J connectivity index is 0.00000112. The predicted octanol–water partition coefficient (Wildman–Crippen LogP) is 2.74. The van der Waals surface area contributed by atoms with Gasteiger partial charge in [0.2, 0.25) is 6.29 Å². The Kier molecular flexibility index (Phi) is 14.2. The highest BCUT2D eigenvalue weighted by molar-refractivity contribution is 6.32. The van der Waals surface area contributed by atoms with Crippen molar-refractivity contribution in [3.8, 4) is 11.5 Å². The Morgan fingerprint density at radius 1 is 1.04 bits per heavy atom. The van der Waals surface area contributed by atoms with E-state index in [1.54, 1.807) is 0 Å². The highest BCUT2D eigenvalue weighted by atomic mass is 35.5. The van der Waals surface area contributed by atoms with E-state index in [1.165, 1.54) is 26.4 Å². The van der Waals surface area contributed by atoms with Crippen LogP contribution in [-0.4, -0.2) is 96.7 Å². The molecule has 2 aromatic rings. The lowest BCUT2D eigenvalue weighted by atomic mass is 9.96. The number of halogens is 4. The molecule has 0 aliphatic carbocycles. The lowest BCUT2D eigenvalue weighted by Crippen LogP contribution is -2.64. The van der Waals surface area contributed by atoms with Crippen LogP contribution in [-0.2, 0) is 36.8 Å². The summed E-state index contributed by atoms with van der Waals surface area (Å²) in [5.41, 5.74) is 1.02. The third-order valence-corrected chi connectivity index (χ3v) is 6.49. The highest BCUT2D eigenvalue weighted by Gasteiger charge is 2.45. The molecule has 16 heteroatoms. The molecule has 12 nitrogen and oxygen atoms in total. The van der Waals surface area contributed by atoms with Gasteiger partial charge < -0.3 is 44.3 Å². The lowest BCUT2D eigenvalue weighted by molar-refractivity contribution is -0.261. The average Bonchev–Trinajstić information content (AvgIpc) is 2.98. The second kappa shape index (κ2) is 16.9. The molecule has 46 heavy (non-hydrogen) atoms. The van der Waals surface area contributed by atoms with E-state index in [4.69, 9.17) is 40.1 Å². The second-order valence-electron chi connectivity index (χ2n) is 11.0. The summed E-state index contributed by atoms with van der Waals surface area (Å²) in [6, 6.07) is 8.96. The van der Waals surface area contributed by atoms with Crippen molar-refractivity contribution in [3.05, 3.63) is 58.1 Å². The first-order valence-corrected chi connectivity index (χ1v) is 14.1. The van der Waals surface area contributed by atoms with E-state index in [0.717, 1.165) is 11.1 Å². The maximum Gasteiger partial charge on any atom is 0.446 e. The van der Waals surface area contributed by atoms with Gasteiger partial charge in [-0.3, -0.25) is 14.4 Å². The summed E-state index contributed by atoms with van der Waals surface area (Å²) in [5.74, 6) is -0.613. The largest absolute Gasteiger partial charge is 0.496 e. The second-order valence-corrected chi connectivity index (χ2v) is 11.4. The molecule has 1 aliphatic heterocycles. The number of aliphatic hydroxyl groups excluding tert-OH is 3. The first kappa shape index (κ1) is 38.7. The fourth-order valence-corrected chi connectivity index (χ4v) is 4.41. The molecule has 1 heterocycles. The number of amides is 1. The third-order valence-electron chi connectivity index (χ3n) is 6.20. The predicted molar refractivity (Wildman–Crippen MR) is 156 cm³/mol. The maximum atomic E-state index is 13.1. The van der Waals surface area contributed by atoms with Crippen molar-refractivity contribution in [3.63, 3.8) is 0 Å². The number of alkyl halides is 3. The van der Waals surface area contributed by atoms with Crippen LogP contribution in [0.3, 0.4) is 0 Å². The average molecular weight is 680 g/mol. The molecule has 0 unspecified atom stereocenters. The molecule has 1 aliphatic rings. The summed E-state index contributed by atoms with van der Waals surface area (Å²) in [6.07, 6.45) is -10.7. The number of aliphatic hydroxyl groups is 3. The molecule has 0 bridgehead atoms. The molecule has 1 amide bonds. The minimum absolute atomic E-state index is 0.0417. The number of ether oxygens (including phenoxy) is 5. The molecule has 0 spiro atoms. The molecular formula is C30H37ClF3NO11. The van der Waals surface area contributed by atoms with E-state index in [1.807, 2.05) is 45.0 Å². The standard InChI is InChI=1S/C28H36ClNO10.C2HF3O/c1-28(2,3)40-22(32)10-15-7-6-8-16(9-15)14-38-20-12-19(36-4)17(11-18(20)29)26(35)30-23-25(34)24(33)21(13-31)39-27(23)37-5;3-2(4,5)1-6/h6-9,11-12,21,23-25,27,31,33-34H,10,13-14H2,1-5H3,(H,30,35);1H/t21-,23-,24-,25-,27+;/m1./s1. The Labute approximate surface area is 268 Å². The number of esters is 1. The molecule has 4 N–H and O–H groups in total. The fraction of sp³-hybridized carbons (Fsp3) is 0.500. The van der Waals surface area contributed by atoms with Gasteiger partial charge in [0.1, 0.15) is 48.1 Å². The number of methoxy groups -OCH3 is 2. The number of carbonyl (C=O) groups is 3. The molecule has 0 saturated carbocycles. The number of hydrogen-bond donors (Lipinski definition) is 4. The summed E-state index contributed by atoms with van der Waals surface area (Å²) in [6.45, 7) is 5.01. The number of nitrogens with one attached hydrogen (secondary N) is 1. The minimum atomic E-state index is -4.64. The number of carbonyl (C=O) groups excluding carboxylic acids is 3. The topological polar surface area (TPSA) is 170 Å². The minimum Gasteiger partial charge on any atom is -0.496 e. The van der Waals surface area contributed by atoms with Crippen LogP contribution in [0.2, 0.25) is 5.02 Å². The normalized spacial score (nSPS) is 21.3. The van der Waals surface area contributed by atoms with E-state index < -0.39 is 61.2 Å². The Morgan fingerprint density at radius 2 is 1.67 bits per heavy atom. The summed E-state index contributed by atoms with van der Waals surface area (Å²) in [4.78, 5) is 34.0. The zero-order valence-electron chi connectivity index (χ0n) is 25.7. The van der Waals surface area contributed by atoms with Crippen LogP contribution in [0.4, 0.5) is 13.2 Å². The van der Waals surface area contributed by atoms with Gasteiger partial charge in [-0.1, -0.05) is 35.9 Å². The van der Waals surface area contributed by atoms with Crippen molar-refractivity contribution >= 4 is 29.8 Å². The monoisotopic (exact) mass is 679 g/mol. The smallest absolute Gasteiger partial charge is 0.446 e. The summed E-state index contributed by atoms with van der Waals surface area (Å²) >= 11 is 6.43. The van der Waals surface area contributed by atoms with Crippen LogP contribution in [0.5, 0.6) is 11.5 Å². The highest BCUT2D eigenvalue weighted by Crippen LogP contribution is 2.34. The van der Waals surface area contributed by atoms with Crippen LogP contribution >= 0.6 is 11.6 Å². The summed E-state index contributed by atoms with van der Waals surface area (Å²) < 4.78 is 58.5. The first-order valence-electron chi connectivity index (χ1n) is 13.7. The molecule has 3 rings (SSSR count). The Morgan fingerprint density at radius 3 is 2.22 bits per heavy atom. The van der Waals surface area contributed by atoms with Crippen LogP contribution < -0.4 is 14.8 Å². The lowest BCUT2D eigenvalue weighted by Gasteiger charge is -2.41. The van der Waals surface area contributed by atoms with Gasteiger partial charge in [0.25, 0.3) is 5.91 Å². The van der Waals surface area contributed by atoms with Gasteiger partial charge in [-0.05, 0) is 38.0 Å². The van der Waals surface area contributed by atoms with Crippen molar-refractivity contribution in [1.82, 2.24) is 5.32 Å². The summed E-state index contributed by atoms with van der Waals surface area (Å²) in [5, 5.41) is 32.8. The van der Waals surface area contributed by atoms with Gasteiger partial charge in [0.15, 0.2) is 6.29 Å². The van der Waals surface area contributed by atoms with Crippen LogP contribution in [0.25, 0.3) is 0 Å². The molecule has 2 aromatic carbocycles. The van der Waals surface area contributed by atoms with E-state index in [9.17, 15) is 38.1 Å². The fourth-order valence-electron chi connectivity index (χ4n) is 4.19. The van der Waals surface area contributed by atoms with Crippen molar-refractivity contribution in [2.24, 2.45) is 0 Å². The SMILES string of the molecule is COc1cc(OCc2cccc(CC(=O)OC(C)(C)C)c2)c(Cl)cc1C(=O)N[C@H]1[C@@H](OC)O[C@H](CO)[C@@H](O)[C@@H]1O.O=CC(F)(F)F. The molecule has 1 fully saturated rings. The molecule has 256 valence electrons. The Hall–Kier alpha value is -3.47. The number of hydrogen-bond acceptors (Lipinski definition) is 11. The van der Waals surface area contributed by atoms with Crippen molar-refractivity contribution in [1.29, 1.82) is 0 Å². The van der Waals surface area contributed by atoms with Gasteiger partial charge in [0, 0.05) is 13.2 Å². The molecule has 5 atom stereocenters. The molecule has 1 saturated heterocycles. The number of rotatable bonds is 10. The van der Waals surface area contributed by atoms with Gasteiger partial charge in [0.05, 0.1) is 30.7 Å². The molecule has 0 aromatic heterocycles. The summed E-state index contributed by atoms with van der Waals surface area (Å²) in [7, 11) is 2.68. The van der Waals surface area contributed by atoms with E-state index in [0.29, 0.717) is 0 Å². The van der Waals surface area contributed by atoms with Crippen molar-refractivity contribution in [2.75, 3.05) is 20.8 Å².